The summed E-state index contributed by atoms with van der Waals surface area (Å²) in [5.41, 5.74) is 4.79. The van der Waals surface area contributed by atoms with Gasteiger partial charge in [0.1, 0.15) is 0 Å². The average molecular weight is 329 g/mol. The first-order chi connectivity index (χ1) is 10.8. The van der Waals surface area contributed by atoms with E-state index in [4.69, 9.17) is 0 Å². The number of benzene rings is 2. The average Bonchev–Trinajstić information content (AvgIpc) is 2.92. The number of nitrogens with zero attached hydrogens (tertiary/aromatic N) is 2. The summed E-state index contributed by atoms with van der Waals surface area (Å²) in [7, 11) is -2.05. The number of rotatable bonds is 3. The Morgan fingerprint density at radius 3 is 2.35 bits per heavy atom. The van der Waals surface area contributed by atoms with Gasteiger partial charge in [0.25, 0.3) is 10.0 Å². The lowest BCUT2D eigenvalue weighted by atomic mass is 10.1. The molecule has 1 heterocycles. The van der Waals surface area contributed by atoms with E-state index in [9.17, 15) is 8.42 Å². The van der Waals surface area contributed by atoms with Crippen LogP contribution in [0.3, 0.4) is 0 Å². The molecular weight excluding hydrogens is 310 g/mol. The molecule has 0 saturated heterocycles. The van der Waals surface area contributed by atoms with E-state index in [0.29, 0.717) is 10.6 Å². The van der Waals surface area contributed by atoms with Crippen LogP contribution in [-0.2, 0) is 10.0 Å². The van der Waals surface area contributed by atoms with Crippen molar-refractivity contribution in [3.8, 4) is 0 Å². The number of anilines is 1. The predicted octanol–water partition coefficient (Wildman–Crippen LogP) is 3.31. The van der Waals surface area contributed by atoms with Gasteiger partial charge in [0.15, 0.2) is 0 Å². The molecule has 0 aliphatic carbocycles. The second kappa shape index (κ2) is 5.38. The molecule has 0 bridgehead atoms. The minimum absolute atomic E-state index is 0.371. The van der Waals surface area contributed by atoms with Gasteiger partial charge >= 0.3 is 0 Å². The molecule has 0 atom stereocenters. The smallest absolute Gasteiger partial charge is 0.264 e. The first-order valence-electron chi connectivity index (χ1n) is 7.30. The standard InChI is InChI=1S/C17H19N3O2S/c1-11-7-12(2)17(13(3)8-11)23(21,22)20(4)14-5-6-15-16(9-14)19-10-18-15/h5-10H,1-4H3,(H,18,19). The fourth-order valence-corrected chi connectivity index (χ4v) is 4.57. The van der Waals surface area contributed by atoms with E-state index in [1.54, 1.807) is 25.5 Å². The molecule has 0 radical (unpaired) electrons. The molecule has 0 saturated carbocycles. The number of imidazole rings is 1. The minimum atomic E-state index is -3.62. The molecule has 0 spiro atoms. The summed E-state index contributed by atoms with van der Waals surface area (Å²) in [6, 6.07) is 9.15. The maximum absolute atomic E-state index is 13.1. The number of aryl methyl sites for hydroxylation is 3. The normalized spacial score (nSPS) is 11.8. The van der Waals surface area contributed by atoms with E-state index in [-0.39, 0.29) is 0 Å². The highest BCUT2D eigenvalue weighted by Crippen LogP contribution is 2.29. The SMILES string of the molecule is Cc1cc(C)c(S(=O)(=O)N(C)c2ccc3nc[nH]c3c2)c(C)c1. The van der Waals surface area contributed by atoms with Crippen molar-refractivity contribution in [3.63, 3.8) is 0 Å². The van der Waals surface area contributed by atoms with Gasteiger partial charge in [-0.1, -0.05) is 17.7 Å². The first-order valence-corrected chi connectivity index (χ1v) is 8.74. The summed E-state index contributed by atoms with van der Waals surface area (Å²) < 4.78 is 27.4. The van der Waals surface area contributed by atoms with E-state index in [2.05, 4.69) is 9.97 Å². The van der Waals surface area contributed by atoms with Crippen LogP contribution in [0.2, 0.25) is 0 Å². The number of H-pyrrole nitrogens is 1. The third-order valence-electron chi connectivity index (χ3n) is 3.99. The number of fused-ring (bicyclic) bond motifs is 1. The fourth-order valence-electron chi connectivity index (χ4n) is 2.97. The second-order valence-corrected chi connectivity index (χ2v) is 7.71. The highest BCUT2D eigenvalue weighted by atomic mass is 32.2. The van der Waals surface area contributed by atoms with E-state index < -0.39 is 10.0 Å². The maximum Gasteiger partial charge on any atom is 0.264 e. The Labute approximate surface area is 136 Å². The van der Waals surface area contributed by atoms with Gasteiger partial charge in [-0.15, -0.1) is 0 Å². The van der Waals surface area contributed by atoms with Crippen LogP contribution in [-0.4, -0.2) is 25.4 Å². The van der Waals surface area contributed by atoms with Crippen molar-refractivity contribution in [1.29, 1.82) is 0 Å². The highest BCUT2D eigenvalue weighted by molar-refractivity contribution is 7.92. The van der Waals surface area contributed by atoms with Crippen LogP contribution in [0, 0.1) is 20.8 Å². The Morgan fingerprint density at radius 2 is 1.70 bits per heavy atom. The lowest BCUT2D eigenvalue weighted by Gasteiger charge is -2.22. The molecule has 3 aromatic rings. The summed E-state index contributed by atoms with van der Waals surface area (Å²) in [5, 5.41) is 0. The Balaban J connectivity index is 2.12. The topological polar surface area (TPSA) is 66.1 Å². The molecule has 0 fully saturated rings. The molecule has 6 heteroatoms. The van der Waals surface area contributed by atoms with Crippen molar-refractivity contribution in [2.75, 3.05) is 11.4 Å². The molecular formula is C17H19N3O2S. The van der Waals surface area contributed by atoms with Crippen molar-refractivity contribution in [2.45, 2.75) is 25.7 Å². The lowest BCUT2D eigenvalue weighted by molar-refractivity contribution is 0.593. The van der Waals surface area contributed by atoms with Crippen molar-refractivity contribution >= 4 is 26.7 Å². The van der Waals surface area contributed by atoms with Crippen molar-refractivity contribution in [3.05, 3.63) is 53.3 Å². The summed E-state index contributed by atoms with van der Waals surface area (Å²) in [6.45, 7) is 5.63. The Morgan fingerprint density at radius 1 is 1.04 bits per heavy atom. The van der Waals surface area contributed by atoms with Crippen molar-refractivity contribution in [2.24, 2.45) is 0 Å². The molecule has 2 aromatic carbocycles. The number of aromatic amines is 1. The zero-order valence-electron chi connectivity index (χ0n) is 13.6. The third-order valence-corrected chi connectivity index (χ3v) is 6.08. The van der Waals surface area contributed by atoms with Gasteiger partial charge < -0.3 is 4.98 Å². The number of hydrogen-bond acceptors (Lipinski definition) is 3. The summed E-state index contributed by atoms with van der Waals surface area (Å²) in [5.74, 6) is 0. The molecule has 1 aromatic heterocycles. The van der Waals surface area contributed by atoms with Gasteiger partial charge in [-0.25, -0.2) is 13.4 Å². The van der Waals surface area contributed by atoms with Gasteiger partial charge in [0.05, 0.1) is 27.9 Å². The first kappa shape index (κ1) is 15.6. The van der Waals surface area contributed by atoms with Crippen LogP contribution >= 0.6 is 0 Å². The highest BCUT2D eigenvalue weighted by Gasteiger charge is 2.25. The second-order valence-electron chi connectivity index (χ2n) is 5.80. The molecule has 0 unspecified atom stereocenters. The molecule has 0 amide bonds. The number of nitrogens with one attached hydrogen (secondary N) is 1. The number of aromatic nitrogens is 2. The van der Waals surface area contributed by atoms with Gasteiger partial charge in [-0.05, 0) is 50.1 Å². The third kappa shape index (κ3) is 2.59. The van der Waals surface area contributed by atoms with E-state index >= 15 is 0 Å². The van der Waals surface area contributed by atoms with Crippen molar-refractivity contribution < 1.29 is 8.42 Å². The minimum Gasteiger partial charge on any atom is -0.345 e. The maximum atomic E-state index is 13.1. The predicted molar refractivity (Wildman–Crippen MR) is 92.3 cm³/mol. The van der Waals surface area contributed by atoms with Gasteiger partial charge in [0.2, 0.25) is 0 Å². The van der Waals surface area contributed by atoms with Crippen LogP contribution in [0.15, 0.2) is 41.6 Å². The molecule has 1 N–H and O–H groups in total. The molecule has 0 aliphatic rings. The van der Waals surface area contributed by atoms with E-state index in [1.165, 1.54) is 4.31 Å². The summed E-state index contributed by atoms with van der Waals surface area (Å²) in [6.07, 6.45) is 1.59. The van der Waals surface area contributed by atoms with Crippen LogP contribution in [0.5, 0.6) is 0 Å². The van der Waals surface area contributed by atoms with Gasteiger partial charge in [-0.2, -0.15) is 0 Å². The zero-order valence-corrected chi connectivity index (χ0v) is 14.4. The van der Waals surface area contributed by atoms with Crippen LogP contribution in [0.25, 0.3) is 11.0 Å². The molecule has 3 rings (SSSR count). The molecule has 5 nitrogen and oxygen atoms in total. The molecule has 0 aliphatic heterocycles. The number of sulfonamides is 1. The Hall–Kier alpha value is -2.34. The largest absolute Gasteiger partial charge is 0.345 e. The quantitative estimate of drug-likeness (QED) is 0.801. The van der Waals surface area contributed by atoms with Gasteiger partial charge in [0, 0.05) is 7.05 Å². The van der Waals surface area contributed by atoms with Crippen molar-refractivity contribution in [1.82, 2.24) is 9.97 Å². The zero-order chi connectivity index (χ0) is 16.8. The Bertz CT molecular complexity index is 967. The lowest BCUT2D eigenvalue weighted by Crippen LogP contribution is -2.28. The fraction of sp³-hybridized carbons (Fsp3) is 0.235. The molecule has 120 valence electrons. The summed E-state index contributed by atoms with van der Waals surface area (Å²) >= 11 is 0. The van der Waals surface area contributed by atoms with Crippen LogP contribution < -0.4 is 4.31 Å². The van der Waals surface area contributed by atoms with E-state index in [1.807, 2.05) is 39.0 Å². The molecule has 23 heavy (non-hydrogen) atoms. The Kier molecular flexibility index (Phi) is 3.64. The monoisotopic (exact) mass is 329 g/mol. The van der Waals surface area contributed by atoms with E-state index in [0.717, 1.165) is 27.7 Å². The van der Waals surface area contributed by atoms with Crippen LogP contribution in [0.1, 0.15) is 16.7 Å². The summed E-state index contributed by atoms with van der Waals surface area (Å²) in [4.78, 5) is 7.53. The van der Waals surface area contributed by atoms with Gasteiger partial charge in [-0.3, -0.25) is 4.31 Å². The van der Waals surface area contributed by atoms with Crippen LogP contribution in [0.4, 0.5) is 5.69 Å². The number of hydrogen-bond donors (Lipinski definition) is 1.